The minimum absolute atomic E-state index is 0.0648. The van der Waals surface area contributed by atoms with Crippen LogP contribution in [0.3, 0.4) is 0 Å². The van der Waals surface area contributed by atoms with Gasteiger partial charge in [-0.1, -0.05) is 0 Å². The normalized spacial score (nSPS) is 11.0. The van der Waals surface area contributed by atoms with Crippen molar-refractivity contribution >= 4 is 6.02 Å². The number of rotatable bonds is 2. The van der Waals surface area contributed by atoms with E-state index in [0.29, 0.717) is 6.61 Å². The Balaban J connectivity index is 3.29. The summed E-state index contributed by atoms with van der Waals surface area (Å²) in [6.07, 6.45) is 0. The van der Waals surface area contributed by atoms with Gasteiger partial charge < -0.3 is 15.3 Å². The molecule has 0 aliphatic rings. The van der Waals surface area contributed by atoms with Gasteiger partial charge in [0.15, 0.2) is 0 Å². The van der Waals surface area contributed by atoms with Gasteiger partial charge in [0, 0.05) is 0 Å². The summed E-state index contributed by atoms with van der Waals surface area (Å²) in [5.41, 5.74) is 5.10. The van der Waals surface area contributed by atoms with Crippen molar-refractivity contribution in [2.45, 2.75) is 6.92 Å². The first-order chi connectivity index (χ1) is 3.81. The van der Waals surface area contributed by atoms with Crippen molar-refractivity contribution in [1.82, 2.24) is 0 Å². The SMILES string of the molecule is CCOC(N)=NOC. The van der Waals surface area contributed by atoms with Crippen LogP contribution in [-0.4, -0.2) is 19.7 Å². The number of amidine groups is 1. The van der Waals surface area contributed by atoms with E-state index in [1.165, 1.54) is 7.11 Å². The Morgan fingerprint density at radius 3 is 2.75 bits per heavy atom. The Kier molecular flexibility index (Phi) is 3.74. The number of hydrogen-bond donors (Lipinski definition) is 1. The van der Waals surface area contributed by atoms with Crippen molar-refractivity contribution in [3.63, 3.8) is 0 Å². The third kappa shape index (κ3) is 3.27. The van der Waals surface area contributed by atoms with Gasteiger partial charge in [-0.25, -0.2) is 0 Å². The summed E-state index contributed by atoms with van der Waals surface area (Å²) in [6.45, 7) is 2.33. The predicted molar refractivity (Wildman–Crippen MR) is 30.3 cm³/mol. The lowest BCUT2D eigenvalue weighted by atomic mass is 10.9. The maximum atomic E-state index is 5.10. The molecule has 0 atom stereocenters. The highest BCUT2D eigenvalue weighted by Crippen LogP contribution is 1.73. The first-order valence-electron chi connectivity index (χ1n) is 2.30. The molecule has 0 fully saturated rings. The first kappa shape index (κ1) is 7.07. The Bertz CT molecular complexity index is 82.1. The van der Waals surface area contributed by atoms with Crippen molar-refractivity contribution in [3.05, 3.63) is 0 Å². The third-order valence-electron chi connectivity index (χ3n) is 0.473. The predicted octanol–water partition coefficient (Wildman–Crippen LogP) is -0.101. The average Bonchev–Trinajstić information content (AvgIpc) is 1.68. The first-order valence-corrected chi connectivity index (χ1v) is 2.30. The second-order valence-corrected chi connectivity index (χ2v) is 1.05. The minimum atomic E-state index is 0.0648. The summed E-state index contributed by atoms with van der Waals surface area (Å²) in [6, 6.07) is 0.0648. The van der Waals surface area contributed by atoms with Gasteiger partial charge in [-0.3, -0.25) is 0 Å². The molecular formula is C4H10N2O2. The zero-order valence-electron chi connectivity index (χ0n) is 5.05. The van der Waals surface area contributed by atoms with E-state index in [1.807, 2.05) is 6.92 Å². The monoisotopic (exact) mass is 118 g/mol. The molecule has 0 unspecified atom stereocenters. The van der Waals surface area contributed by atoms with E-state index in [0.717, 1.165) is 0 Å². The fraction of sp³-hybridized carbons (Fsp3) is 0.750. The van der Waals surface area contributed by atoms with Crippen LogP contribution in [-0.2, 0) is 9.57 Å². The topological polar surface area (TPSA) is 56.8 Å². The van der Waals surface area contributed by atoms with Crippen molar-refractivity contribution < 1.29 is 9.57 Å². The number of nitrogens with two attached hydrogens (primary N) is 1. The van der Waals surface area contributed by atoms with Gasteiger partial charge in [-0.15, -0.1) is 0 Å². The molecule has 0 saturated carbocycles. The van der Waals surface area contributed by atoms with Crippen molar-refractivity contribution in [2.24, 2.45) is 10.9 Å². The van der Waals surface area contributed by atoms with E-state index in [1.54, 1.807) is 0 Å². The zero-order chi connectivity index (χ0) is 6.41. The molecule has 0 amide bonds. The summed E-state index contributed by atoms with van der Waals surface area (Å²) in [5.74, 6) is 0. The molecule has 0 heterocycles. The Morgan fingerprint density at radius 1 is 1.75 bits per heavy atom. The summed E-state index contributed by atoms with van der Waals surface area (Å²) in [5, 5.41) is 3.29. The largest absolute Gasteiger partial charge is 0.464 e. The van der Waals surface area contributed by atoms with Crippen LogP contribution in [0.15, 0.2) is 5.16 Å². The molecule has 0 aromatic carbocycles. The van der Waals surface area contributed by atoms with Crippen LogP contribution in [0.25, 0.3) is 0 Å². The van der Waals surface area contributed by atoms with Crippen LogP contribution in [0.1, 0.15) is 6.92 Å². The number of oxime groups is 1. The number of hydrogen-bond acceptors (Lipinski definition) is 3. The minimum Gasteiger partial charge on any atom is -0.464 e. The lowest BCUT2D eigenvalue weighted by Crippen LogP contribution is -2.15. The van der Waals surface area contributed by atoms with E-state index in [9.17, 15) is 0 Å². The van der Waals surface area contributed by atoms with Crippen LogP contribution in [0.2, 0.25) is 0 Å². The molecule has 0 aromatic rings. The Labute approximate surface area is 48.3 Å². The third-order valence-corrected chi connectivity index (χ3v) is 0.473. The highest BCUT2D eigenvalue weighted by molar-refractivity contribution is 5.70. The second-order valence-electron chi connectivity index (χ2n) is 1.05. The summed E-state index contributed by atoms with van der Waals surface area (Å²) < 4.78 is 4.69. The summed E-state index contributed by atoms with van der Waals surface area (Å²) in [7, 11) is 1.41. The molecule has 0 spiro atoms. The highest BCUT2D eigenvalue weighted by Gasteiger charge is 1.85. The second kappa shape index (κ2) is 4.23. The smallest absolute Gasteiger partial charge is 0.321 e. The quantitative estimate of drug-likeness (QED) is 0.313. The van der Waals surface area contributed by atoms with Crippen LogP contribution in [0.5, 0.6) is 0 Å². The summed E-state index contributed by atoms with van der Waals surface area (Å²) >= 11 is 0. The Morgan fingerprint density at radius 2 is 2.38 bits per heavy atom. The lowest BCUT2D eigenvalue weighted by Gasteiger charge is -1.96. The maximum Gasteiger partial charge on any atom is 0.321 e. The fourth-order valence-corrected chi connectivity index (χ4v) is 0.264. The van der Waals surface area contributed by atoms with Crippen LogP contribution in [0.4, 0.5) is 0 Å². The molecule has 0 bridgehead atoms. The molecule has 0 aliphatic heterocycles. The lowest BCUT2D eigenvalue weighted by molar-refractivity contribution is 0.191. The van der Waals surface area contributed by atoms with Gasteiger partial charge in [0.25, 0.3) is 0 Å². The van der Waals surface area contributed by atoms with Crippen LogP contribution < -0.4 is 5.73 Å². The van der Waals surface area contributed by atoms with E-state index >= 15 is 0 Å². The molecular weight excluding hydrogens is 108 g/mol. The van der Waals surface area contributed by atoms with Gasteiger partial charge in [0.05, 0.1) is 6.61 Å². The van der Waals surface area contributed by atoms with Crippen molar-refractivity contribution in [1.29, 1.82) is 0 Å². The van der Waals surface area contributed by atoms with Crippen molar-refractivity contribution in [2.75, 3.05) is 13.7 Å². The highest BCUT2D eigenvalue weighted by atomic mass is 16.6. The molecule has 0 radical (unpaired) electrons. The van der Waals surface area contributed by atoms with E-state index in [-0.39, 0.29) is 6.02 Å². The van der Waals surface area contributed by atoms with Gasteiger partial charge in [-0.2, -0.15) is 0 Å². The van der Waals surface area contributed by atoms with E-state index in [4.69, 9.17) is 5.73 Å². The molecule has 0 rings (SSSR count). The van der Waals surface area contributed by atoms with Gasteiger partial charge >= 0.3 is 6.02 Å². The summed E-state index contributed by atoms with van der Waals surface area (Å²) in [4.78, 5) is 4.29. The molecule has 2 N–H and O–H groups in total. The van der Waals surface area contributed by atoms with Crippen LogP contribution in [0, 0.1) is 0 Å². The molecule has 0 aliphatic carbocycles. The maximum absolute atomic E-state index is 5.10. The standard InChI is InChI=1S/C4H10N2O2/c1-3-8-4(5)6-7-2/h3H2,1-2H3,(H2,5,6). The molecule has 8 heavy (non-hydrogen) atoms. The number of ether oxygens (including phenoxy) is 1. The van der Waals surface area contributed by atoms with Crippen LogP contribution >= 0.6 is 0 Å². The van der Waals surface area contributed by atoms with E-state index < -0.39 is 0 Å². The van der Waals surface area contributed by atoms with Gasteiger partial charge in [0.1, 0.15) is 7.11 Å². The van der Waals surface area contributed by atoms with E-state index in [2.05, 4.69) is 14.7 Å². The zero-order valence-corrected chi connectivity index (χ0v) is 5.05. The molecule has 48 valence electrons. The molecule has 0 saturated heterocycles. The van der Waals surface area contributed by atoms with Crippen molar-refractivity contribution in [3.8, 4) is 0 Å². The fourth-order valence-electron chi connectivity index (χ4n) is 0.264. The molecule has 4 nitrogen and oxygen atoms in total. The average molecular weight is 118 g/mol. The Hall–Kier alpha value is -0.930. The molecule has 0 aromatic heterocycles. The van der Waals surface area contributed by atoms with Gasteiger partial charge in [-0.05, 0) is 12.1 Å². The molecule has 4 heteroatoms. The van der Waals surface area contributed by atoms with Gasteiger partial charge in [0.2, 0.25) is 0 Å². The number of nitrogens with zero attached hydrogens (tertiary/aromatic N) is 1.